The molecular formula is C25H32N2O3. The van der Waals surface area contributed by atoms with E-state index in [-0.39, 0.29) is 24.5 Å². The molecule has 0 aliphatic heterocycles. The predicted octanol–water partition coefficient (Wildman–Crippen LogP) is 4.16. The normalized spacial score (nSPS) is 14.9. The van der Waals surface area contributed by atoms with Crippen molar-refractivity contribution < 1.29 is 14.3 Å². The quantitative estimate of drug-likeness (QED) is 0.714. The number of hydrogen-bond donors (Lipinski definition) is 1. The molecule has 3 rings (SSSR count). The van der Waals surface area contributed by atoms with E-state index < -0.39 is 6.04 Å². The number of ether oxygens (including phenoxy) is 1. The molecule has 1 atom stereocenters. The molecular weight excluding hydrogens is 376 g/mol. The number of hydrogen-bond acceptors (Lipinski definition) is 3. The monoisotopic (exact) mass is 408 g/mol. The van der Waals surface area contributed by atoms with E-state index in [2.05, 4.69) is 5.32 Å². The molecule has 1 N–H and O–H groups in total. The van der Waals surface area contributed by atoms with Crippen LogP contribution in [0.3, 0.4) is 0 Å². The van der Waals surface area contributed by atoms with Crippen LogP contribution in [0.15, 0.2) is 48.5 Å². The van der Waals surface area contributed by atoms with Gasteiger partial charge in [0.2, 0.25) is 5.91 Å². The van der Waals surface area contributed by atoms with Gasteiger partial charge < -0.3 is 15.0 Å². The first-order chi connectivity index (χ1) is 14.4. The van der Waals surface area contributed by atoms with Gasteiger partial charge in [-0.3, -0.25) is 9.59 Å². The average Bonchev–Trinajstić information content (AvgIpc) is 3.25. The summed E-state index contributed by atoms with van der Waals surface area (Å²) in [5.41, 5.74) is 3.12. The molecule has 1 aliphatic carbocycles. The van der Waals surface area contributed by atoms with E-state index >= 15 is 0 Å². The SMILES string of the molecule is Cc1ccc(CN(C(=O)COc2ccccc2C)C(C)C(=O)NC2CCCC2)cc1. The van der Waals surface area contributed by atoms with Crippen LogP contribution in [0.25, 0.3) is 0 Å². The maximum absolute atomic E-state index is 13.1. The number of amides is 2. The van der Waals surface area contributed by atoms with Gasteiger partial charge in [-0.2, -0.15) is 0 Å². The Bertz CT molecular complexity index is 857. The van der Waals surface area contributed by atoms with Crippen molar-refractivity contribution in [3.63, 3.8) is 0 Å². The van der Waals surface area contributed by atoms with Gasteiger partial charge in [0.25, 0.3) is 5.91 Å². The molecule has 2 aromatic carbocycles. The van der Waals surface area contributed by atoms with Crippen molar-refractivity contribution in [1.82, 2.24) is 10.2 Å². The van der Waals surface area contributed by atoms with Crippen LogP contribution in [-0.2, 0) is 16.1 Å². The Labute approximate surface area is 179 Å². The summed E-state index contributed by atoms with van der Waals surface area (Å²) in [5, 5.41) is 3.12. The lowest BCUT2D eigenvalue weighted by atomic mass is 10.1. The van der Waals surface area contributed by atoms with Crippen molar-refractivity contribution >= 4 is 11.8 Å². The Hall–Kier alpha value is -2.82. The molecule has 160 valence electrons. The zero-order chi connectivity index (χ0) is 21.5. The summed E-state index contributed by atoms with van der Waals surface area (Å²) in [5.74, 6) is 0.385. The van der Waals surface area contributed by atoms with Gasteiger partial charge in [-0.25, -0.2) is 0 Å². The van der Waals surface area contributed by atoms with Crippen molar-refractivity contribution in [2.24, 2.45) is 0 Å². The van der Waals surface area contributed by atoms with Gasteiger partial charge in [0.1, 0.15) is 11.8 Å². The van der Waals surface area contributed by atoms with E-state index in [4.69, 9.17) is 4.74 Å². The molecule has 0 radical (unpaired) electrons. The van der Waals surface area contributed by atoms with Gasteiger partial charge in [0, 0.05) is 12.6 Å². The van der Waals surface area contributed by atoms with Crippen LogP contribution < -0.4 is 10.1 Å². The third kappa shape index (κ3) is 5.85. The highest BCUT2D eigenvalue weighted by Gasteiger charge is 2.28. The molecule has 1 saturated carbocycles. The topological polar surface area (TPSA) is 58.6 Å². The number of nitrogens with zero attached hydrogens (tertiary/aromatic N) is 1. The minimum atomic E-state index is -0.570. The highest BCUT2D eigenvalue weighted by Crippen LogP contribution is 2.19. The van der Waals surface area contributed by atoms with Crippen LogP contribution in [-0.4, -0.2) is 35.4 Å². The summed E-state index contributed by atoms with van der Waals surface area (Å²) in [6.45, 7) is 6.04. The Morgan fingerprint density at radius 2 is 1.73 bits per heavy atom. The fraction of sp³-hybridized carbons (Fsp3) is 0.440. The van der Waals surface area contributed by atoms with Crippen molar-refractivity contribution in [1.29, 1.82) is 0 Å². The first-order valence-corrected chi connectivity index (χ1v) is 10.8. The lowest BCUT2D eigenvalue weighted by Crippen LogP contribution is -2.50. The lowest BCUT2D eigenvalue weighted by molar-refractivity contribution is -0.142. The van der Waals surface area contributed by atoms with Crippen LogP contribution in [0.1, 0.15) is 49.3 Å². The van der Waals surface area contributed by atoms with Gasteiger partial charge >= 0.3 is 0 Å². The van der Waals surface area contributed by atoms with Gasteiger partial charge in [0.05, 0.1) is 0 Å². The smallest absolute Gasteiger partial charge is 0.261 e. The molecule has 2 amide bonds. The van der Waals surface area contributed by atoms with Gasteiger partial charge in [0.15, 0.2) is 6.61 Å². The molecule has 2 aromatic rings. The highest BCUT2D eigenvalue weighted by molar-refractivity contribution is 5.88. The fourth-order valence-corrected chi connectivity index (χ4v) is 3.81. The van der Waals surface area contributed by atoms with E-state index in [9.17, 15) is 9.59 Å². The van der Waals surface area contributed by atoms with Gasteiger partial charge in [-0.1, -0.05) is 60.9 Å². The first kappa shape index (κ1) is 21.9. The Morgan fingerprint density at radius 1 is 1.07 bits per heavy atom. The van der Waals surface area contributed by atoms with Crippen LogP contribution in [0.5, 0.6) is 5.75 Å². The minimum Gasteiger partial charge on any atom is -0.484 e. The molecule has 1 unspecified atom stereocenters. The number of nitrogens with one attached hydrogen (secondary N) is 1. The molecule has 0 heterocycles. The standard InChI is InChI=1S/C25H32N2O3/c1-18-12-14-21(15-13-18)16-27(20(3)25(29)26-22-9-5-6-10-22)24(28)17-30-23-11-7-4-8-19(23)2/h4,7-8,11-15,20,22H,5-6,9-10,16-17H2,1-3H3,(H,26,29). The molecule has 0 aromatic heterocycles. The lowest BCUT2D eigenvalue weighted by Gasteiger charge is -2.29. The maximum Gasteiger partial charge on any atom is 0.261 e. The van der Waals surface area contributed by atoms with E-state index in [0.29, 0.717) is 12.3 Å². The van der Waals surface area contributed by atoms with Crippen LogP contribution >= 0.6 is 0 Å². The second kappa shape index (κ2) is 10.3. The third-order valence-corrected chi connectivity index (χ3v) is 5.79. The Morgan fingerprint density at radius 3 is 2.40 bits per heavy atom. The van der Waals surface area contributed by atoms with E-state index in [1.165, 1.54) is 0 Å². The molecule has 1 fully saturated rings. The second-order valence-electron chi connectivity index (χ2n) is 8.23. The fourth-order valence-electron chi connectivity index (χ4n) is 3.81. The number of para-hydroxylation sites is 1. The average molecular weight is 409 g/mol. The largest absolute Gasteiger partial charge is 0.484 e. The van der Waals surface area contributed by atoms with Gasteiger partial charge in [-0.15, -0.1) is 0 Å². The van der Waals surface area contributed by atoms with E-state index in [0.717, 1.165) is 42.4 Å². The third-order valence-electron chi connectivity index (χ3n) is 5.79. The predicted molar refractivity (Wildman–Crippen MR) is 118 cm³/mol. The number of carbonyl (C=O) groups excluding carboxylic acids is 2. The number of aryl methyl sites for hydroxylation is 2. The summed E-state index contributed by atoms with van der Waals surface area (Å²) < 4.78 is 5.78. The first-order valence-electron chi connectivity index (χ1n) is 10.8. The summed E-state index contributed by atoms with van der Waals surface area (Å²) >= 11 is 0. The maximum atomic E-state index is 13.1. The summed E-state index contributed by atoms with van der Waals surface area (Å²) in [6.07, 6.45) is 4.33. The molecule has 1 aliphatic rings. The van der Waals surface area contributed by atoms with Crippen LogP contribution in [0.2, 0.25) is 0 Å². The minimum absolute atomic E-state index is 0.0988. The van der Waals surface area contributed by atoms with Crippen molar-refractivity contribution in [3.05, 3.63) is 65.2 Å². The summed E-state index contributed by atoms with van der Waals surface area (Å²) in [7, 11) is 0. The molecule has 5 heteroatoms. The van der Waals surface area contributed by atoms with E-state index in [1.54, 1.807) is 11.8 Å². The molecule has 30 heavy (non-hydrogen) atoms. The molecule has 5 nitrogen and oxygen atoms in total. The Kier molecular flexibility index (Phi) is 7.50. The zero-order valence-corrected chi connectivity index (χ0v) is 18.2. The Balaban J connectivity index is 1.71. The van der Waals surface area contributed by atoms with E-state index in [1.807, 2.05) is 62.4 Å². The summed E-state index contributed by atoms with van der Waals surface area (Å²) in [4.78, 5) is 27.6. The van der Waals surface area contributed by atoms with Crippen LogP contribution in [0.4, 0.5) is 0 Å². The van der Waals surface area contributed by atoms with Crippen molar-refractivity contribution in [2.45, 2.75) is 65.1 Å². The molecule has 0 saturated heterocycles. The highest BCUT2D eigenvalue weighted by atomic mass is 16.5. The van der Waals surface area contributed by atoms with Crippen LogP contribution in [0, 0.1) is 13.8 Å². The van der Waals surface area contributed by atoms with Crippen molar-refractivity contribution in [2.75, 3.05) is 6.61 Å². The molecule has 0 bridgehead atoms. The van der Waals surface area contributed by atoms with Crippen molar-refractivity contribution in [3.8, 4) is 5.75 Å². The molecule has 0 spiro atoms. The zero-order valence-electron chi connectivity index (χ0n) is 18.2. The number of rotatable bonds is 8. The summed E-state index contributed by atoms with van der Waals surface area (Å²) in [6, 6.07) is 15.3. The van der Waals surface area contributed by atoms with Gasteiger partial charge in [-0.05, 0) is 50.8 Å². The number of benzene rings is 2. The second-order valence-corrected chi connectivity index (χ2v) is 8.23. The number of carbonyl (C=O) groups is 2.